The fourth-order valence-electron chi connectivity index (χ4n) is 3.20. The van der Waals surface area contributed by atoms with Crippen molar-refractivity contribution in [2.75, 3.05) is 0 Å². The molecule has 2 aromatic heterocycles. The van der Waals surface area contributed by atoms with Gasteiger partial charge in [0, 0.05) is 23.5 Å². The molecule has 0 amide bonds. The van der Waals surface area contributed by atoms with Crippen molar-refractivity contribution in [3.63, 3.8) is 0 Å². The van der Waals surface area contributed by atoms with E-state index < -0.39 is 11.6 Å². The predicted molar refractivity (Wildman–Crippen MR) is 101 cm³/mol. The van der Waals surface area contributed by atoms with Gasteiger partial charge in [-0.1, -0.05) is 35.9 Å². The molecular formula is C21H17F2N3O2. The average molecular weight is 381 g/mol. The fourth-order valence-corrected chi connectivity index (χ4v) is 3.20. The van der Waals surface area contributed by atoms with Gasteiger partial charge in [0.05, 0.1) is 18.8 Å². The van der Waals surface area contributed by atoms with E-state index in [1.807, 2.05) is 31.2 Å². The zero-order valence-corrected chi connectivity index (χ0v) is 15.1. The Kier molecular flexibility index (Phi) is 4.52. The molecule has 0 unspecified atom stereocenters. The quantitative estimate of drug-likeness (QED) is 0.590. The summed E-state index contributed by atoms with van der Waals surface area (Å²) < 4.78 is 29.4. The smallest absolute Gasteiger partial charge is 0.277 e. The van der Waals surface area contributed by atoms with Crippen LogP contribution in [0.25, 0.3) is 16.8 Å². The Morgan fingerprint density at radius 1 is 1.04 bits per heavy atom. The van der Waals surface area contributed by atoms with E-state index in [0.717, 1.165) is 23.3 Å². The van der Waals surface area contributed by atoms with Gasteiger partial charge in [-0.05, 0) is 24.6 Å². The lowest BCUT2D eigenvalue weighted by Gasteiger charge is -2.07. The van der Waals surface area contributed by atoms with E-state index in [1.165, 1.54) is 21.3 Å². The van der Waals surface area contributed by atoms with Crippen molar-refractivity contribution in [1.82, 2.24) is 14.2 Å². The first-order valence-corrected chi connectivity index (χ1v) is 8.70. The number of aryl methyl sites for hydroxylation is 1. The lowest BCUT2D eigenvalue weighted by atomic mass is 10.1. The monoisotopic (exact) mass is 381 g/mol. The molecule has 2 aromatic carbocycles. The predicted octanol–water partition coefficient (Wildman–Crippen LogP) is 3.29. The van der Waals surface area contributed by atoms with Gasteiger partial charge in [0.25, 0.3) is 5.56 Å². The topological polar surface area (TPSA) is 59.5 Å². The van der Waals surface area contributed by atoms with Crippen molar-refractivity contribution in [2.45, 2.75) is 20.1 Å². The molecule has 0 aliphatic rings. The van der Waals surface area contributed by atoms with E-state index in [-0.39, 0.29) is 24.2 Å². The molecule has 1 N–H and O–H groups in total. The summed E-state index contributed by atoms with van der Waals surface area (Å²) in [6.45, 7) is 1.69. The molecule has 0 saturated heterocycles. The van der Waals surface area contributed by atoms with Crippen molar-refractivity contribution < 1.29 is 13.9 Å². The number of benzene rings is 2. The highest BCUT2D eigenvalue weighted by Gasteiger charge is 2.18. The van der Waals surface area contributed by atoms with Gasteiger partial charge in [-0.15, -0.1) is 0 Å². The van der Waals surface area contributed by atoms with Crippen LogP contribution in [0.4, 0.5) is 8.78 Å². The number of halogens is 2. The van der Waals surface area contributed by atoms with Crippen LogP contribution >= 0.6 is 0 Å². The van der Waals surface area contributed by atoms with E-state index in [0.29, 0.717) is 16.8 Å². The molecule has 142 valence electrons. The van der Waals surface area contributed by atoms with Crippen molar-refractivity contribution in [3.05, 3.63) is 93.5 Å². The molecule has 4 aromatic rings. The van der Waals surface area contributed by atoms with Crippen LogP contribution in [0.1, 0.15) is 16.7 Å². The summed E-state index contributed by atoms with van der Waals surface area (Å²) >= 11 is 0. The van der Waals surface area contributed by atoms with Crippen molar-refractivity contribution in [2.24, 2.45) is 0 Å². The Morgan fingerprint density at radius 2 is 1.79 bits per heavy atom. The third kappa shape index (κ3) is 3.10. The zero-order chi connectivity index (χ0) is 19.8. The molecule has 0 aliphatic heterocycles. The molecule has 0 fully saturated rings. The molecule has 0 spiro atoms. The minimum absolute atomic E-state index is 0.0719. The second kappa shape index (κ2) is 7.01. The van der Waals surface area contributed by atoms with Gasteiger partial charge < -0.3 is 9.67 Å². The fraction of sp³-hybridized carbons (Fsp3) is 0.143. The van der Waals surface area contributed by atoms with Crippen LogP contribution in [0.2, 0.25) is 0 Å². The zero-order valence-electron chi connectivity index (χ0n) is 15.1. The molecular weight excluding hydrogens is 364 g/mol. The number of nitrogens with zero attached hydrogens (tertiary/aromatic N) is 3. The number of fused-ring (bicyclic) bond motifs is 1. The molecule has 0 bridgehead atoms. The number of aromatic nitrogens is 3. The van der Waals surface area contributed by atoms with Crippen molar-refractivity contribution >= 4 is 5.52 Å². The van der Waals surface area contributed by atoms with Gasteiger partial charge in [0.1, 0.15) is 5.52 Å². The Hall–Kier alpha value is -3.32. The summed E-state index contributed by atoms with van der Waals surface area (Å²) in [5.74, 6) is -1.90. The SMILES string of the molecule is Cc1ccc(-c2nn3ccn(Cc4ccc(F)c(F)c4)c(=O)c3c2CO)cc1. The first kappa shape index (κ1) is 18.1. The number of aliphatic hydroxyl groups excluding tert-OH is 1. The second-order valence-electron chi connectivity index (χ2n) is 6.62. The summed E-state index contributed by atoms with van der Waals surface area (Å²) in [4.78, 5) is 13.0. The lowest BCUT2D eigenvalue weighted by molar-refractivity contribution is 0.283. The van der Waals surface area contributed by atoms with Crippen LogP contribution in [-0.2, 0) is 13.2 Å². The van der Waals surface area contributed by atoms with Crippen LogP contribution in [0.15, 0.2) is 59.7 Å². The molecule has 5 nitrogen and oxygen atoms in total. The van der Waals surface area contributed by atoms with Crippen LogP contribution < -0.4 is 5.56 Å². The minimum atomic E-state index is -0.964. The van der Waals surface area contributed by atoms with Crippen LogP contribution in [0, 0.1) is 18.6 Å². The van der Waals surface area contributed by atoms with Gasteiger partial charge in [-0.3, -0.25) is 4.79 Å². The third-order valence-electron chi connectivity index (χ3n) is 4.68. The summed E-state index contributed by atoms with van der Waals surface area (Å²) in [5.41, 5.74) is 3.18. The van der Waals surface area contributed by atoms with Crippen molar-refractivity contribution in [3.8, 4) is 11.3 Å². The van der Waals surface area contributed by atoms with Gasteiger partial charge >= 0.3 is 0 Å². The first-order valence-electron chi connectivity index (χ1n) is 8.70. The maximum Gasteiger partial charge on any atom is 0.277 e. The van der Waals surface area contributed by atoms with Crippen LogP contribution in [-0.4, -0.2) is 19.3 Å². The van der Waals surface area contributed by atoms with E-state index >= 15 is 0 Å². The van der Waals surface area contributed by atoms with Gasteiger partial charge in [0.2, 0.25) is 0 Å². The third-order valence-corrected chi connectivity index (χ3v) is 4.68. The molecule has 28 heavy (non-hydrogen) atoms. The Morgan fingerprint density at radius 3 is 2.46 bits per heavy atom. The number of hydrogen-bond donors (Lipinski definition) is 1. The molecule has 0 atom stereocenters. The Balaban J connectivity index is 1.83. The maximum absolute atomic E-state index is 13.5. The number of rotatable bonds is 4. The van der Waals surface area contributed by atoms with Gasteiger partial charge in [0.15, 0.2) is 11.6 Å². The molecule has 0 aliphatic carbocycles. The standard InChI is InChI=1S/C21H17F2N3O2/c1-13-2-5-15(6-3-13)19-16(12-27)20-21(28)25(8-9-26(20)24-19)11-14-4-7-17(22)18(23)10-14/h2-10,27H,11-12H2,1H3. The molecule has 7 heteroatoms. The van der Waals surface area contributed by atoms with Gasteiger partial charge in [-0.25, -0.2) is 13.3 Å². The minimum Gasteiger partial charge on any atom is -0.392 e. The largest absolute Gasteiger partial charge is 0.392 e. The van der Waals surface area contributed by atoms with Crippen LogP contribution in [0.5, 0.6) is 0 Å². The Labute approximate surface area is 159 Å². The molecule has 2 heterocycles. The maximum atomic E-state index is 13.5. The first-order chi connectivity index (χ1) is 13.5. The summed E-state index contributed by atoms with van der Waals surface area (Å²) in [6.07, 6.45) is 3.14. The average Bonchev–Trinajstić information content (AvgIpc) is 3.07. The van der Waals surface area contributed by atoms with Crippen molar-refractivity contribution in [1.29, 1.82) is 0 Å². The molecule has 0 saturated carbocycles. The van der Waals surface area contributed by atoms with Crippen LogP contribution in [0.3, 0.4) is 0 Å². The van der Waals surface area contributed by atoms with E-state index in [1.54, 1.807) is 6.20 Å². The number of hydrogen-bond acceptors (Lipinski definition) is 3. The number of aliphatic hydroxyl groups is 1. The lowest BCUT2D eigenvalue weighted by Crippen LogP contribution is -2.22. The second-order valence-corrected chi connectivity index (χ2v) is 6.62. The summed E-state index contributed by atoms with van der Waals surface area (Å²) in [5, 5.41) is 14.4. The normalized spacial score (nSPS) is 11.3. The van der Waals surface area contributed by atoms with Gasteiger partial charge in [-0.2, -0.15) is 5.10 Å². The summed E-state index contributed by atoms with van der Waals surface area (Å²) in [7, 11) is 0. The summed E-state index contributed by atoms with van der Waals surface area (Å²) in [6, 6.07) is 11.2. The highest BCUT2D eigenvalue weighted by molar-refractivity contribution is 5.72. The molecule has 4 rings (SSSR count). The molecule has 0 radical (unpaired) electrons. The van der Waals surface area contributed by atoms with E-state index in [4.69, 9.17) is 0 Å². The highest BCUT2D eigenvalue weighted by atomic mass is 19.2. The van der Waals surface area contributed by atoms with E-state index in [2.05, 4.69) is 5.10 Å². The Bertz CT molecular complexity index is 1230. The highest BCUT2D eigenvalue weighted by Crippen LogP contribution is 2.25. The van der Waals surface area contributed by atoms with E-state index in [9.17, 15) is 18.7 Å².